The van der Waals surface area contributed by atoms with Gasteiger partial charge in [0, 0.05) is 5.56 Å². The lowest BCUT2D eigenvalue weighted by atomic mass is 10.1. The molecule has 4 rings (SSSR count). The Bertz CT molecular complexity index is 1140. The van der Waals surface area contributed by atoms with Gasteiger partial charge < -0.3 is 14.2 Å². The predicted molar refractivity (Wildman–Crippen MR) is 113 cm³/mol. The molecule has 2 atom stereocenters. The topological polar surface area (TPSA) is 110 Å². The molecule has 0 aliphatic carbocycles. The molecule has 2 amide bonds. The van der Waals surface area contributed by atoms with Gasteiger partial charge in [-0.3, -0.25) is 14.6 Å². The predicted octanol–water partition coefficient (Wildman–Crippen LogP) is 2.64. The zero-order valence-corrected chi connectivity index (χ0v) is 18.2. The van der Waals surface area contributed by atoms with Gasteiger partial charge in [-0.05, 0) is 36.4 Å². The van der Waals surface area contributed by atoms with Crippen LogP contribution in [0.1, 0.15) is 15.9 Å². The molecule has 2 aliphatic heterocycles. The van der Waals surface area contributed by atoms with Crippen molar-refractivity contribution >= 4 is 35.1 Å². The minimum atomic E-state index is -0.974. The molecule has 0 N–H and O–H groups in total. The number of anilines is 1. The first-order valence-electron chi connectivity index (χ1n) is 9.53. The van der Waals surface area contributed by atoms with Gasteiger partial charge >= 0.3 is 5.97 Å². The number of nitrogens with zero attached hydrogens (tertiary/aromatic N) is 4. The second-order valence-electron chi connectivity index (χ2n) is 7.04. The first-order chi connectivity index (χ1) is 15.4. The summed E-state index contributed by atoms with van der Waals surface area (Å²) in [6, 6.07) is 7.53. The van der Waals surface area contributed by atoms with Crippen molar-refractivity contribution in [2.45, 2.75) is 18.6 Å². The number of hydrogen-bond acceptors (Lipinski definition) is 9. The van der Waals surface area contributed by atoms with Crippen LogP contribution in [-0.2, 0) is 20.9 Å². The third-order valence-corrected chi connectivity index (χ3v) is 5.58. The highest BCUT2D eigenvalue weighted by Crippen LogP contribution is 2.36. The summed E-state index contributed by atoms with van der Waals surface area (Å²) in [6.07, 6.45) is 0. The van der Waals surface area contributed by atoms with Crippen LogP contribution in [0.2, 0.25) is 5.02 Å². The van der Waals surface area contributed by atoms with Crippen LogP contribution in [0.25, 0.3) is 0 Å². The van der Waals surface area contributed by atoms with Crippen LogP contribution in [0.15, 0.2) is 46.7 Å². The van der Waals surface area contributed by atoms with E-state index in [2.05, 4.69) is 10.3 Å². The molecule has 2 aromatic carbocycles. The molecule has 1 fully saturated rings. The number of fused-ring (bicyclic) bond motifs is 1. The van der Waals surface area contributed by atoms with E-state index in [1.54, 1.807) is 30.3 Å². The number of halogens is 1. The first kappa shape index (κ1) is 21.6. The van der Waals surface area contributed by atoms with Gasteiger partial charge in [0.1, 0.15) is 11.5 Å². The maximum atomic E-state index is 13.2. The van der Waals surface area contributed by atoms with Crippen LogP contribution < -0.4 is 14.4 Å². The molecule has 0 bridgehead atoms. The fraction of sp³-hybridized carbons (Fsp3) is 0.286. The zero-order chi connectivity index (χ0) is 23.0. The highest BCUT2D eigenvalue weighted by Gasteiger charge is 2.54. The molecule has 10 nitrogen and oxygen atoms in total. The van der Waals surface area contributed by atoms with E-state index in [0.29, 0.717) is 28.3 Å². The zero-order valence-electron chi connectivity index (χ0n) is 17.4. The van der Waals surface area contributed by atoms with Crippen LogP contribution in [0.5, 0.6) is 11.5 Å². The van der Waals surface area contributed by atoms with E-state index < -0.39 is 29.9 Å². The van der Waals surface area contributed by atoms with Crippen molar-refractivity contribution in [3.05, 3.63) is 52.5 Å². The van der Waals surface area contributed by atoms with E-state index in [0.717, 1.165) is 4.90 Å². The number of ether oxygens (including phenoxy) is 3. The van der Waals surface area contributed by atoms with Crippen molar-refractivity contribution in [3.8, 4) is 11.5 Å². The number of methoxy groups -OCH3 is 3. The second kappa shape index (κ2) is 8.46. The van der Waals surface area contributed by atoms with Crippen LogP contribution >= 0.6 is 11.6 Å². The van der Waals surface area contributed by atoms with Crippen molar-refractivity contribution in [2.24, 2.45) is 10.3 Å². The standard InChI is InChI=1S/C21H19ClN4O6/c1-30-15-6-4-11(21(29)32-3)8-12(15)10-25-18-17(23-24-25)19(27)26(20(18)28)13-5-7-16(31-2)14(22)9-13/h4-9,17-18H,10H2,1-3H3/t17-,18+/m0/s1. The van der Waals surface area contributed by atoms with E-state index in [9.17, 15) is 14.4 Å². The molecule has 0 aromatic heterocycles. The Morgan fingerprint density at radius 1 is 1.03 bits per heavy atom. The van der Waals surface area contributed by atoms with E-state index >= 15 is 0 Å². The number of carbonyl (C=O) groups is 3. The lowest BCUT2D eigenvalue weighted by Crippen LogP contribution is -2.39. The van der Waals surface area contributed by atoms with Crippen LogP contribution in [0.4, 0.5) is 5.69 Å². The number of rotatable bonds is 6. The van der Waals surface area contributed by atoms with Gasteiger partial charge in [0.25, 0.3) is 11.8 Å². The number of esters is 1. The van der Waals surface area contributed by atoms with Crippen LogP contribution in [-0.4, -0.2) is 56.2 Å². The molecule has 0 radical (unpaired) electrons. The summed E-state index contributed by atoms with van der Waals surface area (Å²) in [5.41, 5.74) is 1.22. The summed E-state index contributed by atoms with van der Waals surface area (Å²) in [7, 11) is 4.25. The van der Waals surface area contributed by atoms with Crippen LogP contribution in [0, 0.1) is 0 Å². The molecule has 1 saturated heterocycles. The Morgan fingerprint density at radius 3 is 2.41 bits per heavy atom. The molecule has 2 aromatic rings. The molecule has 2 heterocycles. The summed E-state index contributed by atoms with van der Waals surface area (Å²) in [5, 5.41) is 9.73. The molecule has 0 unspecified atom stereocenters. The average Bonchev–Trinajstić information content (AvgIpc) is 3.32. The van der Waals surface area contributed by atoms with Gasteiger partial charge in [-0.2, -0.15) is 5.11 Å². The summed E-state index contributed by atoms with van der Waals surface area (Å²) < 4.78 is 15.3. The highest BCUT2D eigenvalue weighted by molar-refractivity contribution is 6.33. The maximum absolute atomic E-state index is 13.2. The molecular formula is C21H19ClN4O6. The Labute approximate surface area is 188 Å². The molecule has 0 saturated carbocycles. The fourth-order valence-electron chi connectivity index (χ4n) is 3.72. The largest absolute Gasteiger partial charge is 0.496 e. The molecule has 0 spiro atoms. The van der Waals surface area contributed by atoms with Crippen molar-refractivity contribution in [2.75, 3.05) is 26.2 Å². The van der Waals surface area contributed by atoms with Gasteiger partial charge in [-0.15, -0.1) is 0 Å². The second-order valence-corrected chi connectivity index (χ2v) is 7.45. The number of hydrogen-bond donors (Lipinski definition) is 0. The van der Waals surface area contributed by atoms with Gasteiger partial charge in [-0.1, -0.05) is 16.8 Å². The van der Waals surface area contributed by atoms with Crippen molar-refractivity contribution in [1.82, 2.24) is 5.01 Å². The molecule has 2 aliphatic rings. The van der Waals surface area contributed by atoms with E-state index in [1.807, 2.05) is 0 Å². The molecular weight excluding hydrogens is 440 g/mol. The minimum absolute atomic E-state index is 0.0922. The normalized spacial score (nSPS) is 19.4. The Kier molecular flexibility index (Phi) is 5.70. The monoisotopic (exact) mass is 458 g/mol. The Morgan fingerprint density at radius 2 is 1.75 bits per heavy atom. The smallest absolute Gasteiger partial charge is 0.337 e. The lowest BCUT2D eigenvalue weighted by Gasteiger charge is -2.22. The molecule has 32 heavy (non-hydrogen) atoms. The van der Waals surface area contributed by atoms with Gasteiger partial charge in [0.15, 0.2) is 12.1 Å². The lowest BCUT2D eigenvalue weighted by molar-refractivity contribution is -0.123. The van der Waals surface area contributed by atoms with Gasteiger partial charge in [0.2, 0.25) is 0 Å². The summed E-state index contributed by atoms with van der Waals surface area (Å²) >= 11 is 6.17. The number of benzene rings is 2. The van der Waals surface area contributed by atoms with Gasteiger partial charge in [0.05, 0.1) is 44.1 Å². The van der Waals surface area contributed by atoms with Crippen LogP contribution in [0.3, 0.4) is 0 Å². The summed E-state index contributed by atoms with van der Waals surface area (Å²) in [5.74, 6) is -0.568. The van der Waals surface area contributed by atoms with Crippen molar-refractivity contribution in [1.29, 1.82) is 0 Å². The summed E-state index contributed by atoms with van der Waals surface area (Å²) in [4.78, 5) is 39.1. The van der Waals surface area contributed by atoms with Crippen molar-refractivity contribution in [3.63, 3.8) is 0 Å². The maximum Gasteiger partial charge on any atom is 0.337 e. The van der Waals surface area contributed by atoms with Gasteiger partial charge in [-0.25, -0.2) is 9.69 Å². The SMILES string of the molecule is COC(=O)c1ccc(OC)c(CN2N=N[C@@H]3C(=O)N(c4ccc(OC)c(Cl)c4)C(=O)[C@@H]32)c1. The van der Waals surface area contributed by atoms with E-state index in [4.69, 9.17) is 25.8 Å². The summed E-state index contributed by atoms with van der Waals surface area (Å²) in [6.45, 7) is 0.0922. The number of amides is 2. The molecule has 11 heteroatoms. The number of carbonyl (C=O) groups excluding carboxylic acids is 3. The van der Waals surface area contributed by atoms with E-state index in [1.165, 1.54) is 32.4 Å². The first-order valence-corrected chi connectivity index (χ1v) is 9.91. The van der Waals surface area contributed by atoms with Crippen molar-refractivity contribution < 1.29 is 28.6 Å². The third-order valence-electron chi connectivity index (χ3n) is 5.29. The Balaban J connectivity index is 1.62. The quantitative estimate of drug-likeness (QED) is 0.483. The number of imide groups is 1. The fourth-order valence-corrected chi connectivity index (χ4v) is 3.98. The minimum Gasteiger partial charge on any atom is -0.496 e. The third kappa shape index (κ3) is 3.52. The highest BCUT2D eigenvalue weighted by atomic mass is 35.5. The average molecular weight is 459 g/mol. The molecule has 166 valence electrons. The van der Waals surface area contributed by atoms with E-state index in [-0.39, 0.29) is 11.6 Å². The Hall–Kier alpha value is -3.66.